The Labute approximate surface area is 143 Å². The van der Waals surface area contributed by atoms with E-state index in [-0.39, 0.29) is 5.54 Å². The highest BCUT2D eigenvalue weighted by Crippen LogP contribution is 2.27. The van der Waals surface area contributed by atoms with E-state index in [2.05, 4.69) is 37.1 Å². The van der Waals surface area contributed by atoms with E-state index < -0.39 is 0 Å². The van der Waals surface area contributed by atoms with Gasteiger partial charge in [-0.2, -0.15) is 0 Å². The minimum atomic E-state index is 0.164. The van der Waals surface area contributed by atoms with Gasteiger partial charge in [-0.25, -0.2) is 4.98 Å². The maximum absolute atomic E-state index is 5.14. The van der Waals surface area contributed by atoms with E-state index in [0.29, 0.717) is 5.88 Å². The van der Waals surface area contributed by atoms with Gasteiger partial charge in [-0.05, 0) is 25.8 Å². The fourth-order valence-corrected chi connectivity index (χ4v) is 3.06. The SMILES string of the molecule is CCCCCCCC(C)(CCCCC)Nc1ccc(OC)nc1. The van der Waals surface area contributed by atoms with Crippen molar-refractivity contribution in [2.45, 2.75) is 90.5 Å². The molecule has 1 rings (SSSR count). The van der Waals surface area contributed by atoms with Crippen LogP contribution >= 0.6 is 0 Å². The highest BCUT2D eigenvalue weighted by atomic mass is 16.5. The molecule has 0 spiro atoms. The van der Waals surface area contributed by atoms with Gasteiger partial charge in [-0.15, -0.1) is 0 Å². The van der Waals surface area contributed by atoms with Gasteiger partial charge in [0.15, 0.2) is 0 Å². The minimum absolute atomic E-state index is 0.164. The number of hydrogen-bond acceptors (Lipinski definition) is 3. The van der Waals surface area contributed by atoms with E-state index in [4.69, 9.17) is 4.74 Å². The molecule has 1 aromatic rings. The number of aromatic nitrogens is 1. The first-order valence-corrected chi connectivity index (χ1v) is 9.41. The number of nitrogens with zero attached hydrogens (tertiary/aromatic N) is 1. The summed E-state index contributed by atoms with van der Waals surface area (Å²) in [6, 6.07) is 4.00. The molecule has 23 heavy (non-hydrogen) atoms. The quantitative estimate of drug-likeness (QED) is 0.439. The van der Waals surface area contributed by atoms with Crippen molar-refractivity contribution in [3.05, 3.63) is 18.3 Å². The van der Waals surface area contributed by atoms with Gasteiger partial charge in [-0.1, -0.05) is 65.2 Å². The third-order valence-corrected chi connectivity index (χ3v) is 4.56. The molecule has 0 saturated carbocycles. The molecule has 0 aliphatic heterocycles. The van der Waals surface area contributed by atoms with Crippen LogP contribution in [-0.2, 0) is 0 Å². The largest absolute Gasteiger partial charge is 0.481 e. The van der Waals surface area contributed by atoms with E-state index in [1.54, 1.807) is 7.11 Å². The summed E-state index contributed by atoms with van der Waals surface area (Å²) in [6.07, 6.45) is 14.9. The number of rotatable bonds is 13. The normalized spacial score (nSPS) is 13.6. The predicted octanol–water partition coefficient (Wildman–Crippen LogP) is 6.20. The summed E-state index contributed by atoms with van der Waals surface area (Å²) >= 11 is 0. The molecule has 0 bridgehead atoms. The Hall–Kier alpha value is -1.25. The molecule has 3 heteroatoms. The predicted molar refractivity (Wildman–Crippen MR) is 100 cm³/mol. The molecule has 1 N–H and O–H groups in total. The Balaban J connectivity index is 2.57. The molecule has 132 valence electrons. The molecule has 1 unspecified atom stereocenters. The van der Waals surface area contributed by atoms with Crippen molar-refractivity contribution in [1.29, 1.82) is 0 Å². The average Bonchev–Trinajstić information content (AvgIpc) is 2.56. The van der Waals surface area contributed by atoms with E-state index in [1.807, 2.05) is 12.3 Å². The second-order valence-electron chi connectivity index (χ2n) is 6.90. The molecular weight excluding hydrogens is 284 g/mol. The third-order valence-electron chi connectivity index (χ3n) is 4.56. The summed E-state index contributed by atoms with van der Waals surface area (Å²) in [6.45, 7) is 6.91. The lowest BCUT2D eigenvalue weighted by molar-refractivity contribution is 0.393. The van der Waals surface area contributed by atoms with Crippen LogP contribution in [0.15, 0.2) is 18.3 Å². The van der Waals surface area contributed by atoms with Crippen LogP contribution in [0.25, 0.3) is 0 Å². The highest BCUT2D eigenvalue weighted by molar-refractivity contribution is 5.44. The average molecular weight is 321 g/mol. The zero-order chi connectivity index (χ0) is 17.0. The van der Waals surface area contributed by atoms with Gasteiger partial charge >= 0.3 is 0 Å². The highest BCUT2D eigenvalue weighted by Gasteiger charge is 2.23. The van der Waals surface area contributed by atoms with Crippen molar-refractivity contribution in [2.24, 2.45) is 0 Å². The number of methoxy groups -OCH3 is 1. The summed E-state index contributed by atoms with van der Waals surface area (Å²) in [4.78, 5) is 4.31. The molecule has 0 aliphatic rings. The number of hydrogen-bond donors (Lipinski definition) is 1. The zero-order valence-corrected chi connectivity index (χ0v) is 15.7. The molecule has 0 saturated heterocycles. The number of anilines is 1. The topological polar surface area (TPSA) is 34.1 Å². The van der Waals surface area contributed by atoms with Crippen molar-refractivity contribution in [1.82, 2.24) is 4.98 Å². The van der Waals surface area contributed by atoms with Gasteiger partial charge in [-0.3, -0.25) is 0 Å². The van der Waals surface area contributed by atoms with Crippen LogP contribution in [0.3, 0.4) is 0 Å². The number of ether oxygens (including phenoxy) is 1. The van der Waals surface area contributed by atoms with Crippen molar-refractivity contribution in [2.75, 3.05) is 12.4 Å². The van der Waals surface area contributed by atoms with E-state index in [1.165, 1.54) is 64.2 Å². The van der Waals surface area contributed by atoms with Gasteiger partial charge in [0.25, 0.3) is 0 Å². The molecule has 1 aromatic heterocycles. The Morgan fingerprint density at radius 1 is 0.957 bits per heavy atom. The van der Waals surface area contributed by atoms with Crippen LogP contribution in [-0.4, -0.2) is 17.6 Å². The smallest absolute Gasteiger partial charge is 0.213 e. The van der Waals surface area contributed by atoms with Crippen LogP contribution in [0.1, 0.15) is 85.0 Å². The molecule has 0 radical (unpaired) electrons. The van der Waals surface area contributed by atoms with E-state index >= 15 is 0 Å². The van der Waals surface area contributed by atoms with Crippen molar-refractivity contribution in [3.8, 4) is 5.88 Å². The first-order chi connectivity index (χ1) is 11.1. The molecule has 0 amide bonds. The van der Waals surface area contributed by atoms with Gasteiger partial charge in [0.05, 0.1) is 19.0 Å². The fraction of sp³-hybridized carbons (Fsp3) is 0.750. The Bertz CT molecular complexity index is 405. The molecular formula is C20H36N2O. The van der Waals surface area contributed by atoms with Crippen molar-refractivity contribution >= 4 is 5.69 Å². The molecule has 0 fully saturated rings. The van der Waals surface area contributed by atoms with Gasteiger partial charge in [0.1, 0.15) is 0 Å². The van der Waals surface area contributed by atoms with E-state index in [0.717, 1.165) is 5.69 Å². The van der Waals surface area contributed by atoms with E-state index in [9.17, 15) is 0 Å². The Morgan fingerprint density at radius 2 is 1.57 bits per heavy atom. The van der Waals surface area contributed by atoms with Gasteiger partial charge in [0.2, 0.25) is 5.88 Å². The first kappa shape index (κ1) is 19.8. The summed E-state index contributed by atoms with van der Waals surface area (Å²) in [5.74, 6) is 0.669. The zero-order valence-electron chi connectivity index (χ0n) is 15.7. The minimum Gasteiger partial charge on any atom is -0.481 e. The number of unbranched alkanes of at least 4 members (excludes halogenated alkanes) is 6. The van der Waals surface area contributed by atoms with Crippen LogP contribution in [0.2, 0.25) is 0 Å². The number of pyridine rings is 1. The van der Waals surface area contributed by atoms with Crippen LogP contribution in [0, 0.1) is 0 Å². The molecule has 1 atom stereocenters. The van der Waals surface area contributed by atoms with Crippen LogP contribution < -0.4 is 10.1 Å². The molecule has 0 aromatic carbocycles. The van der Waals surface area contributed by atoms with Crippen molar-refractivity contribution < 1.29 is 4.74 Å². The monoisotopic (exact) mass is 320 g/mol. The Morgan fingerprint density at radius 3 is 2.13 bits per heavy atom. The molecule has 1 heterocycles. The lowest BCUT2D eigenvalue weighted by Gasteiger charge is -2.32. The lowest BCUT2D eigenvalue weighted by atomic mass is 9.88. The van der Waals surface area contributed by atoms with Gasteiger partial charge in [0, 0.05) is 11.6 Å². The lowest BCUT2D eigenvalue weighted by Crippen LogP contribution is -2.34. The maximum Gasteiger partial charge on any atom is 0.213 e. The van der Waals surface area contributed by atoms with Crippen molar-refractivity contribution in [3.63, 3.8) is 0 Å². The maximum atomic E-state index is 5.14. The van der Waals surface area contributed by atoms with Crippen LogP contribution in [0.4, 0.5) is 5.69 Å². The summed E-state index contributed by atoms with van der Waals surface area (Å²) in [5, 5.41) is 3.74. The standard InChI is InChI=1S/C20H36N2O/c1-5-7-9-10-12-16-20(3,15-11-8-6-2)22-18-13-14-19(23-4)21-17-18/h13-14,17,22H,5-12,15-16H2,1-4H3. The third kappa shape index (κ3) is 8.24. The Kier molecular flexibility index (Phi) is 9.74. The van der Waals surface area contributed by atoms with Crippen LogP contribution in [0.5, 0.6) is 5.88 Å². The fourth-order valence-electron chi connectivity index (χ4n) is 3.06. The first-order valence-electron chi connectivity index (χ1n) is 9.41. The second-order valence-corrected chi connectivity index (χ2v) is 6.90. The summed E-state index contributed by atoms with van der Waals surface area (Å²) in [5.41, 5.74) is 1.26. The summed E-state index contributed by atoms with van der Waals surface area (Å²) in [7, 11) is 1.65. The molecule has 3 nitrogen and oxygen atoms in total. The van der Waals surface area contributed by atoms with Gasteiger partial charge < -0.3 is 10.1 Å². The summed E-state index contributed by atoms with van der Waals surface area (Å²) < 4.78 is 5.14. The number of nitrogens with one attached hydrogen (secondary N) is 1. The molecule has 0 aliphatic carbocycles. The second kappa shape index (κ2) is 11.3.